The fraction of sp³-hybridized carbons (Fsp3) is 0.222. The zero-order valence-electron chi connectivity index (χ0n) is 7.86. The lowest BCUT2D eigenvalue weighted by molar-refractivity contribution is -0.387. The first kappa shape index (κ1) is 11.1. The fourth-order valence-electron chi connectivity index (χ4n) is 1.23. The Kier molecular flexibility index (Phi) is 2.99. The molecule has 0 amide bonds. The second-order valence-electron chi connectivity index (χ2n) is 3.07. The number of rotatable bonds is 3. The van der Waals surface area contributed by atoms with Crippen LogP contribution in [0.3, 0.4) is 0 Å². The maximum Gasteiger partial charge on any atom is 0.307 e. The minimum absolute atomic E-state index is 0.0699. The zero-order valence-corrected chi connectivity index (χ0v) is 7.86. The van der Waals surface area contributed by atoms with Crippen molar-refractivity contribution in [1.82, 2.24) is 0 Å². The van der Waals surface area contributed by atoms with Crippen molar-refractivity contribution in [2.24, 2.45) is 0 Å². The van der Waals surface area contributed by atoms with Gasteiger partial charge in [-0.15, -0.1) is 0 Å². The molecule has 0 aliphatic heterocycles. The summed E-state index contributed by atoms with van der Waals surface area (Å²) >= 11 is 0. The molecular formula is C9H8FNO4. The van der Waals surface area contributed by atoms with Crippen LogP contribution < -0.4 is 0 Å². The number of nitro benzene ring substituents is 1. The Hall–Kier alpha value is -1.98. The van der Waals surface area contributed by atoms with Gasteiger partial charge in [0.25, 0.3) is 0 Å². The average Bonchev–Trinajstić information content (AvgIpc) is 2.09. The van der Waals surface area contributed by atoms with Crippen LogP contribution in [0.15, 0.2) is 12.1 Å². The number of nitro groups is 1. The third-order valence-corrected chi connectivity index (χ3v) is 1.85. The maximum atomic E-state index is 13.2. The van der Waals surface area contributed by atoms with Gasteiger partial charge in [0.15, 0.2) is 0 Å². The molecule has 0 heterocycles. The first-order valence-electron chi connectivity index (χ1n) is 4.07. The Morgan fingerprint density at radius 3 is 2.67 bits per heavy atom. The maximum absolute atomic E-state index is 13.2. The smallest absolute Gasteiger partial charge is 0.307 e. The van der Waals surface area contributed by atoms with E-state index in [1.165, 1.54) is 13.0 Å². The van der Waals surface area contributed by atoms with Crippen molar-refractivity contribution < 1.29 is 19.2 Å². The Balaban J connectivity index is 3.23. The van der Waals surface area contributed by atoms with Gasteiger partial charge in [-0.3, -0.25) is 14.9 Å². The first-order chi connectivity index (χ1) is 6.91. The molecule has 6 heteroatoms. The molecule has 0 saturated heterocycles. The Morgan fingerprint density at radius 1 is 1.60 bits per heavy atom. The average molecular weight is 213 g/mol. The van der Waals surface area contributed by atoms with Crippen LogP contribution in [-0.4, -0.2) is 16.0 Å². The van der Waals surface area contributed by atoms with Crippen molar-refractivity contribution in [3.05, 3.63) is 39.2 Å². The number of carboxylic acid groups (broad SMARTS) is 1. The number of carbonyl (C=O) groups is 1. The molecule has 5 nitrogen and oxygen atoms in total. The predicted molar refractivity (Wildman–Crippen MR) is 49.1 cm³/mol. The fourth-order valence-corrected chi connectivity index (χ4v) is 1.23. The van der Waals surface area contributed by atoms with Crippen molar-refractivity contribution in [3.8, 4) is 0 Å². The molecule has 0 aliphatic carbocycles. The summed E-state index contributed by atoms with van der Waals surface area (Å²) in [6, 6.07) is 2.23. The van der Waals surface area contributed by atoms with Gasteiger partial charge in [0.2, 0.25) is 5.82 Å². The van der Waals surface area contributed by atoms with Crippen molar-refractivity contribution in [3.63, 3.8) is 0 Å². The second kappa shape index (κ2) is 4.04. The van der Waals surface area contributed by atoms with Crippen LogP contribution in [-0.2, 0) is 11.2 Å². The van der Waals surface area contributed by atoms with Crippen molar-refractivity contribution in [2.75, 3.05) is 0 Å². The number of aryl methyl sites for hydroxylation is 1. The van der Waals surface area contributed by atoms with Crippen LogP contribution in [0.5, 0.6) is 0 Å². The molecule has 0 atom stereocenters. The van der Waals surface area contributed by atoms with E-state index >= 15 is 0 Å². The van der Waals surface area contributed by atoms with Crippen LogP contribution in [0.1, 0.15) is 11.1 Å². The topological polar surface area (TPSA) is 80.4 Å². The van der Waals surface area contributed by atoms with Crippen LogP contribution in [0, 0.1) is 22.9 Å². The van der Waals surface area contributed by atoms with Gasteiger partial charge >= 0.3 is 11.7 Å². The number of benzene rings is 1. The van der Waals surface area contributed by atoms with E-state index in [-0.39, 0.29) is 17.5 Å². The highest BCUT2D eigenvalue weighted by Crippen LogP contribution is 2.22. The number of halogens is 1. The highest BCUT2D eigenvalue weighted by Gasteiger charge is 2.18. The van der Waals surface area contributed by atoms with Gasteiger partial charge in [0.05, 0.1) is 11.3 Å². The standard InChI is InChI=1S/C9H8FNO4/c1-5-2-6(4-8(12)13)3-7(9(5)10)11(14)15/h2-3H,4H2,1H3,(H,12,13). The van der Waals surface area contributed by atoms with E-state index in [0.29, 0.717) is 0 Å². The van der Waals surface area contributed by atoms with Gasteiger partial charge in [-0.05, 0) is 18.1 Å². The van der Waals surface area contributed by atoms with Crippen molar-refractivity contribution in [1.29, 1.82) is 0 Å². The third-order valence-electron chi connectivity index (χ3n) is 1.85. The van der Waals surface area contributed by atoms with Crippen LogP contribution in [0.4, 0.5) is 10.1 Å². The van der Waals surface area contributed by atoms with E-state index in [1.807, 2.05) is 0 Å². The number of aliphatic carboxylic acids is 1. The lowest BCUT2D eigenvalue weighted by Crippen LogP contribution is -2.03. The molecule has 1 aromatic rings. The number of hydrogen-bond donors (Lipinski definition) is 1. The molecule has 0 bridgehead atoms. The molecule has 0 fully saturated rings. The van der Waals surface area contributed by atoms with E-state index in [4.69, 9.17) is 5.11 Å². The zero-order chi connectivity index (χ0) is 11.6. The summed E-state index contributed by atoms with van der Waals surface area (Å²) in [7, 11) is 0. The van der Waals surface area contributed by atoms with Crippen LogP contribution in [0.2, 0.25) is 0 Å². The molecule has 0 saturated carbocycles. The molecule has 0 unspecified atom stereocenters. The normalized spacial score (nSPS) is 10.0. The number of hydrogen-bond acceptors (Lipinski definition) is 3. The molecule has 15 heavy (non-hydrogen) atoms. The summed E-state index contributed by atoms with van der Waals surface area (Å²) in [5.41, 5.74) is -0.403. The van der Waals surface area contributed by atoms with Crippen molar-refractivity contribution in [2.45, 2.75) is 13.3 Å². The molecule has 0 aromatic heterocycles. The summed E-state index contributed by atoms with van der Waals surface area (Å²) in [4.78, 5) is 19.9. The van der Waals surface area contributed by atoms with Crippen LogP contribution in [0.25, 0.3) is 0 Å². The highest BCUT2D eigenvalue weighted by atomic mass is 19.1. The minimum Gasteiger partial charge on any atom is -0.481 e. The molecule has 0 aliphatic rings. The van der Waals surface area contributed by atoms with E-state index in [2.05, 4.69) is 0 Å². The van der Waals surface area contributed by atoms with Gasteiger partial charge < -0.3 is 5.11 Å². The SMILES string of the molecule is Cc1cc(CC(=O)O)cc([N+](=O)[O-])c1F. The molecule has 1 N–H and O–H groups in total. The number of carboxylic acids is 1. The largest absolute Gasteiger partial charge is 0.481 e. The van der Waals surface area contributed by atoms with Crippen molar-refractivity contribution >= 4 is 11.7 Å². The quantitative estimate of drug-likeness (QED) is 0.611. The summed E-state index contributed by atoms with van der Waals surface area (Å²) in [6.07, 6.45) is -0.359. The van der Waals surface area contributed by atoms with E-state index in [0.717, 1.165) is 6.07 Å². The molecular weight excluding hydrogens is 205 g/mol. The lowest BCUT2D eigenvalue weighted by Gasteiger charge is -2.02. The Morgan fingerprint density at radius 2 is 2.20 bits per heavy atom. The summed E-state index contributed by atoms with van der Waals surface area (Å²) in [5.74, 6) is -2.04. The predicted octanol–water partition coefficient (Wildman–Crippen LogP) is 1.67. The summed E-state index contributed by atoms with van der Waals surface area (Å²) < 4.78 is 13.2. The minimum atomic E-state index is -1.12. The van der Waals surface area contributed by atoms with E-state index in [9.17, 15) is 19.3 Å². The number of nitrogens with zero attached hydrogens (tertiary/aromatic N) is 1. The van der Waals surface area contributed by atoms with Gasteiger partial charge in [-0.2, -0.15) is 4.39 Å². The highest BCUT2D eigenvalue weighted by molar-refractivity contribution is 5.70. The van der Waals surface area contributed by atoms with Gasteiger partial charge in [-0.1, -0.05) is 6.07 Å². The van der Waals surface area contributed by atoms with E-state index in [1.54, 1.807) is 0 Å². The lowest BCUT2D eigenvalue weighted by atomic mass is 10.1. The first-order valence-corrected chi connectivity index (χ1v) is 4.07. The summed E-state index contributed by atoms with van der Waals surface area (Å²) in [6.45, 7) is 1.35. The Labute approximate surface area is 84.3 Å². The molecule has 0 radical (unpaired) electrons. The Bertz CT molecular complexity index is 430. The second-order valence-corrected chi connectivity index (χ2v) is 3.07. The van der Waals surface area contributed by atoms with E-state index < -0.39 is 22.4 Å². The monoisotopic (exact) mass is 213 g/mol. The van der Waals surface area contributed by atoms with Gasteiger partial charge in [0, 0.05) is 6.07 Å². The molecule has 80 valence electrons. The molecule has 1 rings (SSSR count). The third kappa shape index (κ3) is 2.49. The van der Waals surface area contributed by atoms with Gasteiger partial charge in [-0.25, -0.2) is 0 Å². The van der Waals surface area contributed by atoms with Crippen LogP contribution >= 0.6 is 0 Å². The molecule has 0 spiro atoms. The molecule has 1 aromatic carbocycles. The van der Waals surface area contributed by atoms with Gasteiger partial charge in [0.1, 0.15) is 0 Å². The summed E-state index contributed by atoms with van der Waals surface area (Å²) in [5, 5.41) is 18.9.